The van der Waals surface area contributed by atoms with Gasteiger partial charge in [-0.25, -0.2) is 9.59 Å². The Hall–Kier alpha value is -2.08. The van der Waals surface area contributed by atoms with Gasteiger partial charge in [-0.05, 0) is 31.9 Å². The zero-order chi connectivity index (χ0) is 16.0. The molecule has 0 heterocycles. The van der Waals surface area contributed by atoms with Gasteiger partial charge in [0, 0.05) is 6.42 Å². The summed E-state index contributed by atoms with van der Waals surface area (Å²) in [6.07, 6.45) is -2.13. The first-order valence-electron chi connectivity index (χ1n) is 6.52. The maximum Gasteiger partial charge on any atom is 0.509 e. The van der Waals surface area contributed by atoms with Crippen LogP contribution in [-0.2, 0) is 27.3 Å². The number of ether oxygens (including phenoxy) is 2. The Morgan fingerprint density at radius 3 is 2.14 bits per heavy atom. The number of hydrogen-bond donors (Lipinski definition) is 2. The van der Waals surface area contributed by atoms with E-state index in [0.717, 1.165) is 5.56 Å². The molecule has 0 bridgehead atoms. The molecule has 0 saturated heterocycles. The standard InChI is InChI=1S/C15H20O6/c1-15(2,3)21-14(19)20-9-11-6-4-10(5-7-11)8-12(16)13(17)18/h4-7,12,16H,8-9H2,1-3H3,(H,17,18). The zero-order valence-corrected chi connectivity index (χ0v) is 12.3. The fraction of sp³-hybridized carbons (Fsp3) is 0.467. The van der Waals surface area contributed by atoms with Gasteiger partial charge in [-0.2, -0.15) is 0 Å². The van der Waals surface area contributed by atoms with Gasteiger partial charge in [0.05, 0.1) is 0 Å². The molecule has 2 N–H and O–H groups in total. The molecule has 1 atom stereocenters. The van der Waals surface area contributed by atoms with Gasteiger partial charge < -0.3 is 19.7 Å². The van der Waals surface area contributed by atoms with Gasteiger partial charge in [0.15, 0.2) is 6.10 Å². The number of hydrogen-bond acceptors (Lipinski definition) is 5. The van der Waals surface area contributed by atoms with Crippen LogP contribution in [0.5, 0.6) is 0 Å². The molecule has 21 heavy (non-hydrogen) atoms. The number of benzene rings is 1. The Morgan fingerprint density at radius 2 is 1.67 bits per heavy atom. The molecule has 1 aromatic rings. The van der Waals surface area contributed by atoms with E-state index in [1.54, 1.807) is 45.0 Å². The first-order chi connectivity index (χ1) is 9.67. The lowest BCUT2D eigenvalue weighted by molar-refractivity contribution is -0.146. The Kier molecular flexibility index (Phi) is 5.72. The lowest BCUT2D eigenvalue weighted by Gasteiger charge is -2.18. The summed E-state index contributed by atoms with van der Waals surface area (Å²) in [6, 6.07) is 6.77. The molecule has 0 spiro atoms. The summed E-state index contributed by atoms with van der Waals surface area (Å²) < 4.78 is 9.96. The monoisotopic (exact) mass is 296 g/mol. The Labute approximate surface area is 123 Å². The highest BCUT2D eigenvalue weighted by molar-refractivity contribution is 5.72. The largest absolute Gasteiger partial charge is 0.509 e. The van der Waals surface area contributed by atoms with Crippen molar-refractivity contribution in [1.29, 1.82) is 0 Å². The number of carbonyl (C=O) groups is 2. The number of carboxylic acids is 1. The topological polar surface area (TPSA) is 93.1 Å². The van der Waals surface area contributed by atoms with Gasteiger partial charge in [-0.15, -0.1) is 0 Å². The molecule has 0 aliphatic carbocycles. The van der Waals surface area contributed by atoms with Crippen molar-refractivity contribution in [3.63, 3.8) is 0 Å². The van der Waals surface area contributed by atoms with E-state index in [0.29, 0.717) is 5.56 Å². The number of carboxylic acid groups (broad SMARTS) is 1. The lowest BCUT2D eigenvalue weighted by Crippen LogP contribution is -2.24. The minimum atomic E-state index is -1.42. The summed E-state index contributed by atoms with van der Waals surface area (Å²) in [5, 5.41) is 17.9. The summed E-state index contributed by atoms with van der Waals surface area (Å²) in [5.41, 5.74) is 0.828. The number of aliphatic hydroxyl groups excluding tert-OH is 1. The summed E-state index contributed by atoms with van der Waals surface area (Å²) in [5.74, 6) is -1.26. The summed E-state index contributed by atoms with van der Waals surface area (Å²) >= 11 is 0. The second-order valence-corrected chi connectivity index (χ2v) is 5.63. The smallest absolute Gasteiger partial charge is 0.479 e. The molecule has 1 unspecified atom stereocenters. The maximum absolute atomic E-state index is 11.4. The highest BCUT2D eigenvalue weighted by Gasteiger charge is 2.17. The molecule has 116 valence electrons. The predicted octanol–water partition coefficient (Wildman–Crippen LogP) is 2.13. The Bertz CT molecular complexity index is 486. The molecule has 0 saturated carbocycles. The van der Waals surface area contributed by atoms with E-state index in [1.165, 1.54) is 0 Å². The van der Waals surface area contributed by atoms with Crippen LogP contribution in [0.4, 0.5) is 4.79 Å². The molecular weight excluding hydrogens is 276 g/mol. The first kappa shape index (κ1) is 17.0. The number of aliphatic hydroxyl groups is 1. The van der Waals surface area contributed by atoms with Crippen LogP contribution in [-0.4, -0.2) is 34.0 Å². The van der Waals surface area contributed by atoms with E-state index >= 15 is 0 Å². The normalized spacial score (nSPS) is 12.6. The van der Waals surface area contributed by atoms with Crippen LogP contribution in [0.3, 0.4) is 0 Å². The van der Waals surface area contributed by atoms with Crippen molar-refractivity contribution in [2.24, 2.45) is 0 Å². The summed E-state index contributed by atoms with van der Waals surface area (Å²) in [6.45, 7) is 5.31. The van der Waals surface area contributed by atoms with Crippen LogP contribution in [0.15, 0.2) is 24.3 Å². The molecule has 0 amide bonds. The third-order valence-corrected chi connectivity index (χ3v) is 2.48. The fourth-order valence-corrected chi connectivity index (χ4v) is 1.50. The van der Waals surface area contributed by atoms with E-state index in [1.807, 2.05) is 0 Å². The van der Waals surface area contributed by atoms with Crippen LogP contribution in [0.1, 0.15) is 31.9 Å². The van der Waals surface area contributed by atoms with Gasteiger partial charge in [-0.3, -0.25) is 0 Å². The number of rotatable bonds is 5. The second-order valence-electron chi connectivity index (χ2n) is 5.63. The molecule has 6 nitrogen and oxygen atoms in total. The fourth-order valence-electron chi connectivity index (χ4n) is 1.50. The molecule has 0 radical (unpaired) electrons. The quantitative estimate of drug-likeness (QED) is 0.808. The summed E-state index contributed by atoms with van der Waals surface area (Å²) in [7, 11) is 0. The minimum Gasteiger partial charge on any atom is -0.479 e. The molecule has 0 aliphatic rings. The average molecular weight is 296 g/mol. The minimum absolute atomic E-state index is 0.0303. The van der Waals surface area contributed by atoms with Crippen LogP contribution < -0.4 is 0 Å². The van der Waals surface area contributed by atoms with Crippen molar-refractivity contribution >= 4 is 12.1 Å². The first-order valence-corrected chi connectivity index (χ1v) is 6.52. The lowest BCUT2D eigenvalue weighted by atomic mass is 10.1. The van der Waals surface area contributed by atoms with Crippen molar-refractivity contribution in [2.45, 2.75) is 45.5 Å². The summed E-state index contributed by atoms with van der Waals surface area (Å²) in [4.78, 5) is 21.9. The van der Waals surface area contributed by atoms with E-state index in [-0.39, 0.29) is 13.0 Å². The molecule has 1 aromatic carbocycles. The average Bonchev–Trinajstić information content (AvgIpc) is 2.35. The Morgan fingerprint density at radius 1 is 1.14 bits per heavy atom. The van der Waals surface area contributed by atoms with E-state index < -0.39 is 23.8 Å². The van der Waals surface area contributed by atoms with Crippen LogP contribution in [0.2, 0.25) is 0 Å². The van der Waals surface area contributed by atoms with Gasteiger partial charge in [0.1, 0.15) is 12.2 Å². The number of carbonyl (C=O) groups excluding carboxylic acids is 1. The molecule has 1 rings (SSSR count). The van der Waals surface area contributed by atoms with E-state index in [9.17, 15) is 14.7 Å². The molecule has 0 aromatic heterocycles. The van der Waals surface area contributed by atoms with Crippen molar-refractivity contribution < 1.29 is 29.3 Å². The van der Waals surface area contributed by atoms with Crippen molar-refractivity contribution in [2.75, 3.05) is 0 Å². The van der Waals surface area contributed by atoms with E-state index in [2.05, 4.69) is 0 Å². The van der Waals surface area contributed by atoms with Gasteiger partial charge in [-0.1, -0.05) is 24.3 Å². The van der Waals surface area contributed by atoms with Gasteiger partial charge in [0.2, 0.25) is 0 Å². The molecule has 0 aliphatic heterocycles. The molecule has 0 fully saturated rings. The second kappa shape index (κ2) is 7.08. The Balaban J connectivity index is 2.48. The maximum atomic E-state index is 11.4. The van der Waals surface area contributed by atoms with Crippen molar-refractivity contribution in [3.8, 4) is 0 Å². The van der Waals surface area contributed by atoms with Gasteiger partial charge in [0.25, 0.3) is 0 Å². The molecular formula is C15H20O6. The van der Waals surface area contributed by atoms with Gasteiger partial charge >= 0.3 is 12.1 Å². The third kappa shape index (κ3) is 6.76. The van der Waals surface area contributed by atoms with Crippen LogP contribution >= 0.6 is 0 Å². The highest BCUT2D eigenvalue weighted by atomic mass is 16.7. The van der Waals surface area contributed by atoms with Crippen molar-refractivity contribution in [1.82, 2.24) is 0 Å². The highest BCUT2D eigenvalue weighted by Crippen LogP contribution is 2.11. The van der Waals surface area contributed by atoms with Crippen molar-refractivity contribution in [3.05, 3.63) is 35.4 Å². The predicted molar refractivity (Wildman–Crippen MR) is 74.8 cm³/mol. The zero-order valence-electron chi connectivity index (χ0n) is 12.3. The third-order valence-electron chi connectivity index (χ3n) is 2.48. The van der Waals surface area contributed by atoms with E-state index in [4.69, 9.17) is 14.6 Å². The SMILES string of the molecule is CC(C)(C)OC(=O)OCc1ccc(CC(O)C(=O)O)cc1. The number of aliphatic carboxylic acids is 1. The van der Waals surface area contributed by atoms with Crippen LogP contribution in [0, 0.1) is 0 Å². The molecule has 6 heteroatoms. The van der Waals surface area contributed by atoms with Crippen LogP contribution in [0.25, 0.3) is 0 Å².